The molecule has 1 aliphatic carbocycles. The number of pyridine rings is 3. The monoisotopic (exact) mass is 503 g/mol. The van der Waals surface area contributed by atoms with Crippen LogP contribution in [0.25, 0.3) is 11.3 Å². The predicted octanol–water partition coefficient (Wildman–Crippen LogP) is 5.55. The fraction of sp³-hybridized carbons (Fsp3) is 0.233. The number of hydrogen-bond acceptors (Lipinski definition) is 6. The molecule has 1 fully saturated rings. The van der Waals surface area contributed by atoms with Gasteiger partial charge in [0, 0.05) is 42.8 Å². The van der Waals surface area contributed by atoms with Crippen LogP contribution in [-0.2, 0) is 6.54 Å². The van der Waals surface area contributed by atoms with Crippen molar-refractivity contribution < 1.29 is 4.79 Å². The van der Waals surface area contributed by atoms with Crippen molar-refractivity contribution >= 4 is 17.5 Å². The zero-order valence-electron chi connectivity index (χ0n) is 21.0. The summed E-state index contributed by atoms with van der Waals surface area (Å²) < 4.78 is 0. The summed E-state index contributed by atoms with van der Waals surface area (Å²) in [5.74, 6) is 0.764. The molecule has 1 aliphatic rings. The maximum atomic E-state index is 13.5. The van der Waals surface area contributed by atoms with Gasteiger partial charge in [-0.3, -0.25) is 14.9 Å². The zero-order valence-corrected chi connectivity index (χ0v) is 21.0. The van der Waals surface area contributed by atoms with E-state index in [0.29, 0.717) is 12.1 Å². The lowest BCUT2D eigenvalue weighted by Crippen LogP contribution is -2.48. The van der Waals surface area contributed by atoms with Crippen molar-refractivity contribution in [2.24, 2.45) is 0 Å². The van der Waals surface area contributed by atoms with Gasteiger partial charge < -0.3 is 10.6 Å². The molecule has 0 radical (unpaired) electrons. The minimum Gasteiger partial charge on any atom is -0.367 e. The Morgan fingerprint density at radius 1 is 0.921 bits per heavy atom. The number of aromatic nitrogens is 3. The molecule has 8 nitrogen and oxygen atoms in total. The van der Waals surface area contributed by atoms with E-state index in [0.717, 1.165) is 54.0 Å². The normalized spacial score (nSPS) is 16.7. The topological polar surface area (TPSA) is 107 Å². The van der Waals surface area contributed by atoms with E-state index in [1.807, 2.05) is 65.6 Å². The Bertz CT molecular complexity index is 1360. The van der Waals surface area contributed by atoms with E-state index in [1.54, 1.807) is 30.9 Å². The molecule has 0 bridgehead atoms. The SMILES string of the molecule is N#Cc1ccc(NC2CCC(N(C(=O)NCc3ccccc3)c3ccc(-c4cccnc4)nc3)CC2)nc1. The Labute approximate surface area is 222 Å². The highest BCUT2D eigenvalue weighted by molar-refractivity contribution is 5.92. The largest absolute Gasteiger partial charge is 0.367 e. The van der Waals surface area contributed by atoms with Gasteiger partial charge in [0.15, 0.2) is 0 Å². The number of urea groups is 1. The first-order valence-electron chi connectivity index (χ1n) is 12.8. The van der Waals surface area contributed by atoms with Crippen molar-refractivity contribution in [3.8, 4) is 17.3 Å². The summed E-state index contributed by atoms with van der Waals surface area (Å²) in [5.41, 5.74) is 4.11. The number of carbonyl (C=O) groups excluding carboxylic acids is 1. The Kier molecular flexibility index (Phi) is 7.85. The predicted molar refractivity (Wildman–Crippen MR) is 147 cm³/mol. The minimum atomic E-state index is -0.130. The third kappa shape index (κ3) is 6.13. The van der Waals surface area contributed by atoms with Crippen LogP contribution in [0.3, 0.4) is 0 Å². The molecule has 0 unspecified atom stereocenters. The summed E-state index contributed by atoms with van der Waals surface area (Å²) in [5, 5.41) is 15.6. The van der Waals surface area contributed by atoms with Crippen molar-refractivity contribution in [3.05, 3.63) is 103 Å². The van der Waals surface area contributed by atoms with Crippen molar-refractivity contribution in [2.45, 2.75) is 44.3 Å². The Morgan fingerprint density at radius 3 is 2.42 bits per heavy atom. The van der Waals surface area contributed by atoms with Crippen LogP contribution in [0.2, 0.25) is 0 Å². The molecule has 8 heteroatoms. The van der Waals surface area contributed by atoms with Crippen LogP contribution in [0, 0.1) is 11.3 Å². The average molecular weight is 504 g/mol. The third-order valence-electron chi connectivity index (χ3n) is 6.80. The van der Waals surface area contributed by atoms with E-state index in [9.17, 15) is 4.79 Å². The molecular weight excluding hydrogens is 474 g/mol. The van der Waals surface area contributed by atoms with E-state index in [2.05, 4.69) is 31.7 Å². The molecule has 1 saturated carbocycles. The number of carbonyl (C=O) groups is 1. The van der Waals surface area contributed by atoms with Gasteiger partial charge in [-0.1, -0.05) is 30.3 Å². The van der Waals surface area contributed by atoms with E-state index >= 15 is 0 Å². The van der Waals surface area contributed by atoms with E-state index < -0.39 is 0 Å². The van der Waals surface area contributed by atoms with Crippen LogP contribution in [0.15, 0.2) is 91.5 Å². The van der Waals surface area contributed by atoms with Crippen molar-refractivity contribution in [3.63, 3.8) is 0 Å². The quantitative estimate of drug-likeness (QED) is 0.342. The number of hydrogen-bond donors (Lipinski definition) is 2. The zero-order chi connectivity index (χ0) is 26.2. The van der Waals surface area contributed by atoms with Gasteiger partial charge >= 0.3 is 6.03 Å². The second kappa shape index (κ2) is 12.0. The van der Waals surface area contributed by atoms with Gasteiger partial charge in [0.25, 0.3) is 0 Å². The molecule has 2 N–H and O–H groups in total. The molecule has 1 aromatic carbocycles. The first-order valence-corrected chi connectivity index (χ1v) is 12.8. The second-order valence-electron chi connectivity index (χ2n) is 9.35. The summed E-state index contributed by atoms with van der Waals surface area (Å²) in [6, 6.07) is 23.5. The number of nitrogens with one attached hydrogen (secondary N) is 2. The first-order chi connectivity index (χ1) is 18.7. The van der Waals surface area contributed by atoms with Gasteiger partial charge in [0.1, 0.15) is 11.9 Å². The number of rotatable bonds is 7. The van der Waals surface area contributed by atoms with Gasteiger partial charge in [-0.2, -0.15) is 5.26 Å². The second-order valence-corrected chi connectivity index (χ2v) is 9.35. The highest BCUT2D eigenvalue weighted by atomic mass is 16.2. The molecule has 0 saturated heterocycles. The molecule has 5 rings (SSSR count). The summed E-state index contributed by atoms with van der Waals surface area (Å²) in [4.78, 5) is 28.6. The number of anilines is 2. The van der Waals surface area contributed by atoms with Crippen LogP contribution in [0.4, 0.5) is 16.3 Å². The molecule has 2 amide bonds. The number of nitrogens with zero attached hydrogens (tertiary/aromatic N) is 5. The van der Waals surface area contributed by atoms with Crippen molar-refractivity contribution in [2.75, 3.05) is 10.2 Å². The molecule has 0 spiro atoms. The van der Waals surface area contributed by atoms with Gasteiger partial charge in [-0.15, -0.1) is 0 Å². The lowest BCUT2D eigenvalue weighted by atomic mass is 9.90. The molecule has 4 aromatic rings. The smallest absolute Gasteiger partial charge is 0.322 e. The fourth-order valence-corrected chi connectivity index (χ4v) is 4.80. The van der Waals surface area contributed by atoms with Crippen molar-refractivity contribution in [1.82, 2.24) is 20.3 Å². The number of amides is 2. The molecule has 38 heavy (non-hydrogen) atoms. The molecule has 3 aromatic heterocycles. The van der Waals surface area contributed by atoms with Gasteiger partial charge in [0.2, 0.25) is 0 Å². The van der Waals surface area contributed by atoms with Gasteiger partial charge in [-0.05, 0) is 67.6 Å². The van der Waals surface area contributed by atoms with Crippen LogP contribution in [-0.4, -0.2) is 33.1 Å². The summed E-state index contributed by atoms with van der Waals surface area (Å²) in [6.07, 6.45) is 10.4. The Balaban J connectivity index is 1.29. The summed E-state index contributed by atoms with van der Waals surface area (Å²) in [6.45, 7) is 0.457. The summed E-state index contributed by atoms with van der Waals surface area (Å²) >= 11 is 0. The van der Waals surface area contributed by atoms with Crippen LogP contribution < -0.4 is 15.5 Å². The summed E-state index contributed by atoms with van der Waals surface area (Å²) in [7, 11) is 0. The first kappa shape index (κ1) is 24.9. The van der Waals surface area contributed by atoms with E-state index in [-0.39, 0.29) is 18.1 Å². The number of benzene rings is 1. The van der Waals surface area contributed by atoms with Gasteiger partial charge in [0.05, 0.1) is 23.1 Å². The molecule has 190 valence electrons. The van der Waals surface area contributed by atoms with Gasteiger partial charge in [-0.25, -0.2) is 9.78 Å². The maximum Gasteiger partial charge on any atom is 0.322 e. The maximum absolute atomic E-state index is 13.5. The molecule has 3 heterocycles. The van der Waals surface area contributed by atoms with Crippen LogP contribution in [0.1, 0.15) is 36.8 Å². The van der Waals surface area contributed by atoms with E-state index in [4.69, 9.17) is 5.26 Å². The fourth-order valence-electron chi connectivity index (χ4n) is 4.80. The highest BCUT2D eigenvalue weighted by Crippen LogP contribution is 2.30. The minimum absolute atomic E-state index is 0.0452. The lowest BCUT2D eigenvalue weighted by Gasteiger charge is -2.37. The third-order valence-corrected chi connectivity index (χ3v) is 6.80. The lowest BCUT2D eigenvalue weighted by molar-refractivity contribution is 0.240. The average Bonchev–Trinajstić information content (AvgIpc) is 2.99. The van der Waals surface area contributed by atoms with Crippen molar-refractivity contribution in [1.29, 1.82) is 5.26 Å². The van der Waals surface area contributed by atoms with Crippen LogP contribution in [0.5, 0.6) is 0 Å². The Hall–Kier alpha value is -4.77. The van der Waals surface area contributed by atoms with Crippen LogP contribution >= 0.6 is 0 Å². The van der Waals surface area contributed by atoms with E-state index in [1.165, 1.54) is 0 Å². The standard InChI is InChI=1S/C30H29N7O/c31-17-23-8-15-29(34-19-23)36-25-9-11-26(12-10-25)37(30(38)35-18-22-5-2-1-3-6-22)27-13-14-28(33-21-27)24-7-4-16-32-20-24/h1-8,13-16,19-21,25-26H,9-12,18H2,(H,34,36)(H,35,38). The molecule has 0 atom stereocenters. The highest BCUT2D eigenvalue weighted by Gasteiger charge is 2.30. The molecular formula is C30H29N7O. The Morgan fingerprint density at radius 2 is 1.76 bits per heavy atom. The molecule has 0 aliphatic heterocycles. The number of nitriles is 1.